The summed E-state index contributed by atoms with van der Waals surface area (Å²) >= 11 is 0. The van der Waals surface area contributed by atoms with Gasteiger partial charge >= 0.3 is 0 Å². The Kier molecular flexibility index (Phi) is 9.48. The number of hydrogen-bond donors (Lipinski definition) is 1. The van der Waals surface area contributed by atoms with Gasteiger partial charge in [0.1, 0.15) is 0 Å². The summed E-state index contributed by atoms with van der Waals surface area (Å²) in [4.78, 5) is 14.5. The van der Waals surface area contributed by atoms with Crippen molar-refractivity contribution in [3.63, 3.8) is 0 Å². The summed E-state index contributed by atoms with van der Waals surface area (Å²) in [6, 6.07) is 0.312. The van der Waals surface area contributed by atoms with Gasteiger partial charge in [-0.15, -0.1) is 12.4 Å². The van der Waals surface area contributed by atoms with Crippen LogP contribution in [0, 0.1) is 17.8 Å². The third-order valence-corrected chi connectivity index (χ3v) is 4.14. The minimum Gasteiger partial charge on any atom is -0.340 e. The van der Waals surface area contributed by atoms with Crippen LogP contribution >= 0.6 is 12.4 Å². The summed E-state index contributed by atoms with van der Waals surface area (Å²) in [5.74, 6) is 2.04. The lowest BCUT2D eigenvalue weighted by Crippen LogP contribution is -2.41. The predicted molar refractivity (Wildman–Crippen MR) is 88.3 cm³/mol. The van der Waals surface area contributed by atoms with Crippen molar-refractivity contribution in [3.05, 3.63) is 0 Å². The summed E-state index contributed by atoms with van der Waals surface area (Å²) < 4.78 is 0. The molecule has 0 bridgehead atoms. The fraction of sp³-hybridized carbons (Fsp3) is 0.938. The second kappa shape index (κ2) is 9.62. The molecule has 1 N–H and O–H groups in total. The van der Waals surface area contributed by atoms with Crippen LogP contribution in [-0.4, -0.2) is 36.5 Å². The van der Waals surface area contributed by atoms with E-state index in [1.165, 1.54) is 12.8 Å². The molecule has 0 aromatic carbocycles. The molecular formula is C16H33ClN2O. The van der Waals surface area contributed by atoms with E-state index in [0.717, 1.165) is 19.6 Å². The second-order valence-corrected chi connectivity index (χ2v) is 6.82. The van der Waals surface area contributed by atoms with Crippen molar-refractivity contribution in [1.82, 2.24) is 10.2 Å². The van der Waals surface area contributed by atoms with Crippen molar-refractivity contribution in [2.75, 3.05) is 19.6 Å². The predicted octanol–water partition coefficient (Wildman–Crippen LogP) is 3.33. The van der Waals surface area contributed by atoms with Crippen LogP contribution in [0.25, 0.3) is 0 Å². The molecule has 0 saturated carbocycles. The number of nitrogens with one attached hydrogen (secondary N) is 1. The first kappa shape index (κ1) is 19.7. The molecule has 0 spiro atoms. The number of halogens is 1. The van der Waals surface area contributed by atoms with E-state index < -0.39 is 0 Å². The average Bonchev–Trinajstić information content (AvgIpc) is 2.36. The molecule has 120 valence electrons. The first-order valence-electron chi connectivity index (χ1n) is 7.92. The number of piperidine rings is 1. The van der Waals surface area contributed by atoms with Crippen molar-refractivity contribution in [3.8, 4) is 0 Å². The zero-order valence-corrected chi connectivity index (χ0v) is 14.6. The molecule has 20 heavy (non-hydrogen) atoms. The Labute approximate surface area is 131 Å². The molecule has 0 aromatic heterocycles. The van der Waals surface area contributed by atoms with E-state index in [9.17, 15) is 4.79 Å². The molecule has 1 aliphatic heterocycles. The zero-order valence-electron chi connectivity index (χ0n) is 13.8. The Morgan fingerprint density at radius 3 is 2.35 bits per heavy atom. The third kappa shape index (κ3) is 6.45. The molecule has 4 heteroatoms. The van der Waals surface area contributed by atoms with Crippen LogP contribution in [0.2, 0.25) is 0 Å². The molecular weight excluding hydrogens is 272 g/mol. The molecule has 0 radical (unpaired) electrons. The summed E-state index contributed by atoms with van der Waals surface area (Å²) in [6.45, 7) is 13.9. The van der Waals surface area contributed by atoms with Crippen LogP contribution in [-0.2, 0) is 4.79 Å². The van der Waals surface area contributed by atoms with Crippen molar-refractivity contribution in [1.29, 1.82) is 0 Å². The highest BCUT2D eigenvalue weighted by Gasteiger charge is 2.25. The van der Waals surface area contributed by atoms with Gasteiger partial charge in [-0.2, -0.15) is 0 Å². The highest BCUT2D eigenvalue weighted by molar-refractivity contribution is 5.85. The summed E-state index contributed by atoms with van der Waals surface area (Å²) in [5, 5.41) is 3.45. The molecule has 1 fully saturated rings. The number of carbonyl (C=O) groups is 1. The Morgan fingerprint density at radius 2 is 1.90 bits per heavy atom. The maximum atomic E-state index is 12.5. The van der Waals surface area contributed by atoms with Crippen LogP contribution in [0.3, 0.4) is 0 Å². The summed E-state index contributed by atoms with van der Waals surface area (Å²) in [7, 11) is 0. The standard InChI is InChI=1S/C16H32N2O.ClH/c1-12(2)11-18(13(3)4)16(19)9-14(5)15-7-6-8-17-10-15;/h12-15,17H,6-11H2,1-5H3;1H. The van der Waals surface area contributed by atoms with E-state index in [1.54, 1.807) is 0 Å². The lowest BCUT2D eigenvalue weighted by atomic mass is 9.85. The largest absolute Gasteiger partial charge is 0.340 e. The van der Waals surface area contributed by atoms with Gasteiger partial charge in [-0.25, -0.2) is 0 Å². The highest BCUT2D eigenvalue weighted by atomic mass is 35.5. The first-order chi connectivity index (χ1) is 8.91. The number of nitrogens with zero attached hydrogens (tertiary/aromatic N) is 1. The zero-order chi connectivity index (χ0) is 14.4. The Bertz CT molecular complexity index is 276. The summed E-state index contributed by atoms with van der Waals surface area (Å²) in [5.41, 5.74) is 0. The van der Waals surface area contributed by atoms with Gasteiger partial charge in [0, 0.05) is 19.0 Å². The maximum Gasteiger partial charge on any atom is 0.223 e. The normalized spacial score (nSPS) is 20.6. The molecule has 1 amide bonds. The van der Waals surface area contributed by atoms with Crippen LogP contribution in [0.15, 0.2) is 0 Å². The van der Waals surface area contributed by atoms with Crippen LogP contribution in [0.1, 0.15) is 53.9 Å². The van der Waals surface area contributed by atoms with Gasteiger partial charge in [-0.3, -0.25) is 4.79 Å². The Hall–Kier alpha value is -0.280. The second-order valence-electron chi connectivity index (χ2n) is 6.82. The Balaban J connectivity index is 0.00000361. The van der Waals surface area contributed by atoms with E-state index in [-0.39, 0.29) is 12.4 Å². The quantitative estimate of drug-likeness (QED) is 0.816. The van der Waals surface area contributed by atoms with Gasteiger partial charge in [0.05, 0.1) is 0 Å². The maximum absolute atomic E-state index is 12.5. The van der Waals surface area contributed by atoms with E-state index in [0.29, 0.717) is 36.1 Å². The van der Waals surface area contributed by atoms with Gasteiger partial charge in [-0.1, -0.05) is 20.8 Å². The fourth-order valence-electron chi connectivity index (χ4n) is 2.92. The van der Waals surface area contributed by atoms with E-state index in [4.69, 9.17) is 0 Å². The van der Waals surface area contributed by atoms with Crippen molar-refractivity contribution in [2.24, 2.45) is 17.8 Å². The van der Waals surface area contributed by atoms with E-state index in [2.05, 4.69) is 44.8 Å². The van der Waals surface area contributed by atoms with Crippen molar-refractivity contribution < 1.29 is 4.79 Å². The minimum absolute atomic E-state index is 0. The minimum atomic E-state index is 0. The fourth-order valence-corrected chi connectivity index (χ4v) is 2.92. The molecule has 0 aliphatic carbocycles. The number of amides is 1. The van der Waals surface area contributed by atoms with Gasteiger partial charge in [0.15, 0.2) is 0 Å². The average molecular weight is 305 g/mol. The number of hydrogen-bond acceptors (Lipinski definition) is 2. The molecule has 1 rings (SSSR count). The van der Waals surface area contributed by atoms with Gasteiger partial charge in [0.25, 0.3) is 0 Å². The molecule has 1 saturated heterocycles. The third-order valence-electron chi connectivity index (χ3n) is 4.14. The van der Waals surface area contributed by atoms with E-state index in [1.807, 2.05) is 0 Å². The summed E-state index contributed by atoms with van der Waals surface area (Å²) in [6.07, 6.45) is 3.23. The molecule has 2 atom stereocenters. The molecule has 1 heterocycles. The SMILES string of the molecule is CC(C)CN(C(=O)CC(C)C1CCCNC1)C(C)C.Cl. The van der Waals surface area contributed by atoms with Crippen molar-refractivity contribution >= 4 is 18.3 Å². The van der Waals surface area contributed by atoms with Crippen molar-refractivity contribution in [2.45, 2.75) is 59.9 Å². The van der Waals surface area contributed by atoms with Gasteiger partial charge < -0.3 is 10.2 Å². The molecule has 3 nitrogen and oxygen atoms in total. The van der Waals surface area contributed by atoms with Crippen LogP contribution in [0.4, 0.5) is 0 Å². The Morgan fingerprint density at radius 1 is 1.25 bits per heavy atom. The van der Waals surface area contributed by atoms with Gasteiger partial charge in [-0.05, 0) is 57.5 Å². The monoisotopic (exact) mass is 304 g/mol. The topological polar surface area (TPSA) is 32.3 Å². The number of carbonyl (C=O) groups excluding carboxylic acids is 1. The number of rotatable bonds is 6. The molecule has 1 aliphatic rings. The molecule has 0 aromatic rings. The molecule has 2 unspecified atom stereocenters. The lowest BCUT2D eigenvalue weighted by molar-refractivity contribution is -0.134. The lowest BCUT2D eigenvalue weighted by Gasteiger charge is -2.32. The highest BCUT2D eigenvalue weighted by Crippen LogP contribution is 2.23. The van der Waals surface area contributed by atoms with Gasteiger partial charge in [0.2, 0.25) is 5.91 Å². The van der Waals surface area contributed by atoms with Crippen LogP contribution < -0.4 is 5.32 Å². The smallest absolute Gasteiger partial charge is 0.223 e. The van der Waals surface area contributed by atoms with Crippen LogP contribution in [0.5, 0.6) is 0 Å². The van der Waals surface area contributed by atoms with E-state index >= 15 is 0 Å². The first-order valence-corrected chi connectivity index (χ1v) is 7.92.